The summed E-state index contributed by atoms with van der Waals surface area (Å²) in [7, 11) is -1.26. The van der Waals surface area contributed by atoms with E-state index >= 15 is 0 Å². The zero-order valence-electron chi connectivity index (χ0n) is 23.1. The average molecular weight is 589 g/mol. The molecule has 197 valence electrons. The van der Waals surface area contributed by atoms with Gasteiger partial charge in [0.25, 0.3) is 0 Å². The average Bonchev–Trinajstić information content (AvgIpc) is 3.35. The Balaban J connectivity index is 0.000000523. The van der Waals surface area contributed by atoms with Gasteiger partial charge in [-0.25, -0.2) is 11.6 Å². The molecule has 0 aromatic heterocycles. The Bertz CT molecular complexity index is 1100. The number of halogens is 2. The van der Waals surface area contributed by atoms with Gasteiger partial charge in [-0.15, -0.1) is 31.2 Å². The van der Waals surface area contributed by atoms with Gasteiger partial charge in [-0.1, -0.05) is 51.7 Å². The van der Waals surface area contributed by atoms with Gasteiger partial charge >= 0.3 is 95.6 Å². The molecule has 0 radical (unpaired) electrons. The van der Waals surface area contributed by atoms with Crippen LogP contribution in [-0.2, 0) is 20.0 Å². The molecule has 0 bridgehead atoms. The predicted octanol–water partition coefficient (Wildman–Crippen LogP) is 8.61. The van der Waals surface area contributed by atoms with Gasteiger partial charge in [0.05, 0.1) is 8.07 Å². The van der Waals surface area contributed by atoms with Crippen LogP contribution in [0.2, 0.25) is 19.6 Å². The van der Waals surface area contributed by atoms with Crippen LogP contribution in [0.4, 0.5) is 0 Å². The van der Waals surface area contributed by atoms with Crippen LogP contribution in [0.5, 0.6) is 5.75 Å². The molecule has 0 aliphatic heterocycles. The summed E-state index contributed by atoms with van der Waals surface area (Å²) >= 11 is 2.16. The third-order valence-electron chi connectivity index (χ3n) is 5.56. The predicted molar refractivity (Wildman–Crippen MR) is 166 cm³/mol. The molecular formula is C32H41Cl2OSiTi. The molecular weight excluding hydrogens is 547 g/mol. The van der Waals surface area contributed by atoms with E-state index in [2.05, 4.69) is 133 Å². The number of rotatable bonds is 3. The van der Waals surface area contributed by atoms with E-state index in [-0.39, 0.29) is 24.8 Å². The summed E-state index contributed by atoms with van der Waals surface area (Å²) < 4.78 is 1.33. The van der Waals surface area contributed by atoms with E-state index in [0.29, 0.717) is 11.2 Å². The second kappa shape index (κ2) is 16.3. The van der Waals surface area contributed by atoms with Gasteiger partial charge in [0, 0.05) is 0 Å². The molecule has 0 fully saturated rings. The van der Waals surface area contributed by atoms with Crippen molar-refractivity contribution in [2.45, 2.75) is 53.8 Å². The number of allylic oxidation sites excluding steroid dienone is 4. The molecule has 0 heterocycles. The van der Waals surface area contributed by atoms with Gasteiger partial charge in [-0.05, 0) is 30.0 Å². The molecule has 4 rings (SSSR count). The summed E-state index contributed by atoms with van der Waals surface area (Å²) in [6, 6.07) is 26.8. The van der Waals surface area contributed by atoms with Crippen LogP contribution in [0, 0.1) is 18.4 Å². The first-order valence-electron chi connectivity index (χ1n) is 12.2. The van der Waals surface area contributed by atoms with Crippen LogP contribution in [0.25, 0.3) is 0 Å². The Morgan fingerprint density at radius 1 is 0.838 bits per heavy atom. The fraction of sp³-hybridized carbons (Fsp3) is 0.281. The first-order chi connectivity index (χ1) is 16.4. The van der Waals surface area contributed by atoms with Crippen LogP contribution < -0.4 is 5.19 Å². The van der Waals surface area contributed by atoms with Crippen molar-refractivity contribution in [1.82, 2.24) is 0 Å². The Labute approximate surface area is 249 Å². The normalized spacial score (nSPS) is 12.0. The number of aromatic hydroxyl groups is 1. The summed E-state index contributed by atoms with van der Waals surface area (Å²) in [6.07, 6.45) is 8.63. The van der Waals surface area contributed by atoms with Crippen molar-refractivity contribution in [2.24, 2.45) is 5.41 Å². The summed E-state index contributed by atoms with van der Waals surface area (Å²) in [4.78, 5) is 0. The number of aryl methyl sites for hydroxylation is 1. The van der Waals surface area contributed by atoms with E-state index in [4.69, 9.17) is 0 Å². The molecule has 0 amide bonds. The third-order valence-corrected chi connectivity index (χ3v) is 8.48. The van der Waals surface area contributed by atoms with E-state index in [1.165, 1.54) is 25.7 Å². The molecule has 0 saturated heterocycles. The van der Waals surface area contributed by atoms with Crippen molar-refractivity contribution < 1.29 is 25.1 Å². The minimum absolute atomic E-state index is 0. The standard InChI is InChI=1S/C13H10.C10H16OSi.C9H13.2ClH.Ti/c1-3-7-12(8-4-1)11-13-9-5-2-6-10-13;1-8-5-9(11)7-10(6-8)12(2,3)4;1-9(2,3)8-6-4-5-7-8;;;/h1-10H;5-7,11H,1-4H3;4,6H,5H2,1-3H3;2*1H;/q;;-1;;;+1. The number of hydrogen-bond acceptors (Lipinski definition) is 1. The molecule has 0 spiro atoms. The monoisotopic (exact) mass is 587 g/mol. The van der Waals surface area contributed by atoms with Crippen molar-refractivity contribution in [1.29, 1.82) is 0 Å². The summed E-state index contributed by atoms with van der Waals surface area (Å²) in [5.74, 6) is 0.396. The molecule has 1 N–H and O–H groups in total. The Morgan fingerprint density at radius 3 is 1.65 bits per heavy atom. The Kier molecular flexibility index (Phi) is 15.6. The molecule has 3 aromatic carbocycles. The second-order valence-electron chi connectivity index (χ2n) is 10.9. The maximum absolute atomic E-state index is 9.38. The van der Waals surface area contributed by atoms with Gasteiger partial charge in [0.2, 0.25) is 0 Å². The van der Waals surface area contributed by atoms with Crippen LogP contribution >= 0.6 is 24.8 Å². The molecule has 0 saturated carbocycles. The first-order valence-corrected chi connectivity index (χ1v) is 16.4. The quantitative estimate of drug-likeness (QED) is 0.240. The van der Waals surface area contributed by atoms with Crippen molar-refractivity contribution in [2.75, 3.05) is 0 Å². The second-order valence-corrected chi connectivity index (χ2v) is 16.7. The van der Waals surface area contributed by atoms with E-state index in [1.807, 2.05) is 25.1 Å². The number of hydrogen-bond donors (Lipinski definition) is 1. The topological polar surface area (TPSA) is 20.2 Å². The molecule has 0 atom stereocenters. The van der Waals surface area contributed by atoms with Crippen molar-refractivity contribution >= 4 is 41.9 Å². The minimum atomic E-state index is -1.26. The van der Waals surface area contributed by atoms with E-state index < -0.39 is 8.07 Å². The molecule has 0 unspecified atom stereocenters. The van der Waals surface area contributed by atoms with Crippen molar-refractivity contribution in [3.63, 3.8) is 0 Å². The maximum atomic E-state index is 9.38. The number of benzene rings is 3. The van der Waals surface area contributed by atoms with E-state index in [1.54, 1.807) is 6.07 Å². The third kappa shape index (κ3) is 12.6. The van der Waals surface area contributed by atoms with Crippen LogP contribution in [0.3, 0.4) is 0 Å². The van der Waals surface area contributed by atoms with Gasteiger partial charge < -0.3 is 5.11 Å². The summed E-state index contributed by atoms with van der Waals surface area (Å²) in [5, 5.41) is 10.7. The fourth-order valence-corrected chi connectivity index (χ4v) is 5.25. The molecule has 3 aromatic rings. The molecule has 1 aliphatic rings. The zero-order chi connectivity index (χ0) is 26.1. The van der Waals surface area contributed by atoms with E-state index in [0.717, 1.165) is 12.0 Å². The van der Waals surface area contributed by atoms with E-state index in [9.17, 15) is 5.11 Å². The van der Waals surface area contributed by atoms with Gasteiger partial charge in [0.15, 0.2) is 0 Å². The first kappa shape index (κ1) is 35.3. The van der Waals surface area contributed by atoms with Crippen LogP contribution in [0.15, 0.2) is 96.6 Å². The SMILES string of the molecule is CC(C)(C)C1=[C-]CC=C1.Cc1cc(O)cc([Si](C)(C)C)c1.Cl.Cl.[Ti+]=[C](c1ccccc1)c1ccccc1. The van der Waals surface area contributed by atoms with Gasteiger partial charge in [0.1, 0.15) is 5.75 Å². The van der Waals surface area contributed by atoms with Crippen LogP contribution in [-0.4, -0.2) is 17.0 Å². The zero-order valence-corrected chi connectivity index (χ0v) is 27.3. The number of phenols is 1. The fourth-order valence-electron chi connectivity index (χ4n) is 3.49. The van der Waals surface area contributed by atoms with Gasteiger partial charge in [-0.2, -0.15) is 6.08 Å². The van der Waals surface area contributed by atoms with Crippen molar-refractivity contribution in [3.8, 4) is 5.75 Å². The molecule has 1 nitrogen and oxygen atoms in total. The van der Waals surface area contributed by atoms with Crippen molar-refractivity contribution in [3.05, 3.63) is 119 Å². The van der Waals surface area contributed by atoms with Crippen LogP contribution in [0.1, 0.15) is 43.9 Å². The summed E-state index contributed by atoms with van der Waals surface area (Å²) in [6.45, 7) is 15.5. The summed E-state index contributed by atoms with van der Waals surface area (Å²) in [5.41, 5.74) is 5.37. The molecule has 5 heteroatoms. The Hall–Kier alpha value is -1.68. The Morgan fingerprint density at radius 2 is 1.32 bits per heavy atom. The number of phenolic OH excluding ortho intramolecular Hbond substituents is 1. The molecule has 1 aliphatic carbocycles. The van der Waals surface area contributed by atoms with Gasteiger partial charge in [-0.3, -0.25) is 6.08 Å². The molecule has 37 heavy (non-hydrogen) atoms.